The van der Waals surface area contributed by atoms with Crippen LogP contribution in [0.2, 0.25) is 0 Å². The standard InChI is InChI=1S/C18H22N2O/c1-20(2)18(21)12-13-19-17-11-7-6-10-16(17)14-15-8-4-3-5-9-15/h3-11,19H,12-14H2,1-2H3. The molecule has 2 aromatic rings. The van der Waals surface area contributed by atoms with E-state index in [0.717, 1.165) is 12.1 Å². The molecule has 0 saturated carbocycles. The summed E-state index contributed by atoms with van der Waals surface area (Å²) in [6.07, 6.45) is 1.40. The molecule has 0 radical (unpaired) electrons. The van der Waals surface area contributed by atoms with Crippen LogP contribution in [-0.2, 0) is 11.2 Å². The van der Waals surface area contributed by atoms with Crippen LogP contribution in [0.1, 0.15) is 17.5 Å². The van der Waals surface area contributed by atoms with Gasteiger partial charge in [-0.2, -0.15) is 0 Å². The molecule has 0 spiro atoms. The van der Waals surface area contributed by atoms with Gasteiger partial charge in [-0.15, -0.1) is 0 Å². The van der Waals surface area contributed by atoms with Crippen LogP contribution in [0, 0.1) is 0 Å². The van der Waals surface area contributed by atoms with Gasteiger partial charge in [0.05, 0.1) is 0 Å². The van der Waals surface area contributed by atoms with E-state index in [2.05, 4.69) is 47.8 Å². The van der Waals surface area contributed by atoms with Crippen molar-refractivity contribution < 1.29 is 4.79 Å². The fourth-order valence-electron chi connectivity index (χ4n) is 2.19. The summed E-state index contributed by atoms with van der Waals surface area (Å²) in [4.78, 5) is 13.2. The minimum Gasteiger partial charge on any atom is -0.384 e. The van der Waals surface area contributed by atoms with Crippen molar-refractivity contribution in [2.24, 2.45) is 0 Å². The van der Waals surface area contributed by atoms with Crippen LogP contribution >= 0.6 is 0 Å². The lowest BCUT2D eigenvalue weighted by Crippen LogP contribution is -2.24. The van der Waals surface area contributed by atoms with Crippen molar-refractivity contribution in [3.8, 4) is 0 Å². The Labute approximate surface area is 126 Å². The molecular formula is C18H22N2O. The largest absolute Gasteiger partial charge is 0.384 e. The fourth-order valence-corrected chi connectivity index (χ4v) is 2.19. The predicted octanol–water partition coefficient (Wildman–Crippen LogP) is 3.17. The normalized spacial score (nSPS) is 10.2. The van der Waals surface area contributed by atoms with Gasteiger partial charge in [0.2, 0.25) is 5.91 Å². The number of nitrogens with zero attached hydrogens (tertiary/aromatic N) is 1. The lowest BCUT2D eigenvalue weighted by Gasteiger charge is -2.14. The first-order valence-corrected chi connectivity index (χ1v) is 7.22. The SMILES string of the molecule is CN(C)C(=O)CCNc1ccccc1Cc1ccccc1. The van der Waals surface area contributed by atoms with Gasteiger partial charge in [-0.05, 0) is 23.6 Å². The van der Waals surface area contributed by atoms with Crippen LogP contribution in [0.4, 0.5) is 5.69 Å². The Hall–Kier alpha value is -2.29. The molecule has 3 heteroatoms. The predicted molar refractivity (Wildman–Crippen MR) is 87.5 cm³/mol. The molecule has 0 aliphatic carbocycles. The number of rotatable bonds is 6. The van der Waals surface area contributed by atoms with Gasteiger partial charge < -0.3 is 10.2 Å². The summed E-state index contributed by atoms with van der Waals surface area (Å²) in [5.74, 6) is 0.142. The van der Waals surface area contributed by atoms with E-state index >= 15 is 0 Å². The summed E-state index contributed by atoms with van der Waals surface area (Å²) >= 11 is 0. The van der Waals surface area contributed by atoms with E-state index in [9.17, 15) is 4.79 Å². The van der Waals surface area contributed by atoms with E-state index in [1.54, 1.807) is 19.0 Å². The molecule has 1 N–H and O–H groups in total. The first-order chi connectivity index (χ1) is 10.2. The van der Waals surface area contributed by atoms with Crippen molar-refractivity contribution in [1.29, 1.82) is 0 Å². The Morgan fingerprint density at radius 3 is 2.38 bits per heavy atom. The van der Waals surface area contributed by atoms with Crippen molar-refractivity contribution in [2.75, 3.05) is 26.0 Å². The molecule has 0 unspecified atom stereocenters. The van der Waals surface area contributed by atoms with Gasteiger partial charge in [-0.25, -0.2) is 0 Å². The average molecular weight is 282 g/mol. The molecule has 1 amide bonds. The van der Waals surface area contributed by atoms with Crippen molar-refractivity contribution in [3.05, 3.63) is 65.7 Å². The molecule has 0 fully saturated rings. The molecule has 110 valence electrons. The molecule has 2 aromatic carbocycles. The number of anilines is 1. The monoisotopic (exact) mass is 282 g/mol. The fraction of sp³-hybridized carbons (Fsp3) is 0.278. The van der Waals surface area contributed by atoms with Crippen molar-refractivity contribution in [2.45, 2.75) is 12.8 Å². The molecule has 0 saturated heterocycles. The minimum absolute atomic E-state index is 0.142. The second kappa shape index (κ2) is 7.48. The number of carbonyl (C=O) groups excluding carboxylic acids is 1. The molecule has 3 nitrogen and oxygen atoms in total. The van der Waals surface area contributed by atoms with Crippen LogP contribution in [0.15, 0.2) is 54.6 Å². The third-order valence-electron chi connectivity index (χ3n) is 3.41. The second-order valence-corrected chi connectivity index (χ2v) is 5.28. The van der Waals surface area contributed by atoms with Gasteiger partial charge in [0.15, 0.2) is 0 Å². The number of amides is 1. The molecule has 2 rings (SSSR count). The van der Waals surface area contributed by atoms with Crippen LogP contribution in [-0.4, -0.2) is 31.4 Å². The van der Waals surface area contributed by atoms with E-state index in [4.69, 9.17) is 0 Å². The third-order valence-corrected chi connectivity index (χ3v) is 3.41. The summed E-state index contributed by atoms with van der Waals surface area (Å²) in [6.45, 7) is 0.656. The van der Waals surface area contributed by atoms with Crippen LogP contribution in [0.3, 0.4) is 0 Å². The molecule has 0 bridgehead atoms. The van der Waals surface area contributed by atoms with Gasteiger partial charge in [0.25, 0.3) is 0 Å². The van der Waals surface area contributed by atoms with Crippen molar-refractivity contribution in [3.63, 3.8) is 0 Å². The highest BCUT2D eigenvalue weighted by Crippen LogP contribution is 2.19. The highest BCUT2D eigenvalue weighted by Gasteiger charge is 2.05. The highest BCUT2D eigenvalue weighted by molar-refractivity contribution is 5.76. The maximum Gasteiger partial charge on any atom is 0.223 e. The number of para-hydroxylation sites is 1. The number of benzene rings is 2. The van der Waals surface area contributed by atoms with Crippen LogP contribution in [0.5, 0.6) is 0 Å². The Morgan fingerprint density at radius 2 is 1.67 bits per heavy atom. The maximum absolute atomic E-state index is 11.6. The number of nitrogens with one attached hydrogen (secondary N) is 1. The zero-order valence-corrected chi connectivity index (χ0v) is 12.7. The molecule has 0 atom stereocenters. The zero-order chi connectivity index (χ0) is 15.1. The van der Waals surface area contributed by atoms with Crippen LogP contribution < -0.4 is 5.32 Å². The molecule has 21 heavy (non-hydrogen) atoms. The van der Waals surface area contributed by atoms with E-state index in [0.29, 0.717) is 13.0 Å². The summed E-state index contributed by atoms with van der Waals surface area (Å²) in [7, 11) is 3.57. The lowest BCUT2D eigenvalue weighted by atomic mass is 10.0. The maximum atomic E-state index is 11.6. The third kappa shape index (κ3) is 4.63. The number of carbonyl (C=O) groups is 1. The summed E-state index contributed by atoms with van der Waals surface area (Å²) in [5.41, 5.74) is 3.64. The Kier molecular flexibility index (Phi) is 5.38. The quantitative estimate of drug-likeness (QED) is 0.882. The first-order valence-electron chi connectivity index (χ1n) is 7.22. The second-order valence-electron chi connectivity index (χ2n) is 5.28. The van der Waals surface area contributed by atoms with Crippen LogP contribution in [0.25, 0.3) is 0 Å². The topological polar surface area (TPSA) is 32.3 Å². The molecule has 0 aromatic heterocycles. The lowest BCUT2D eigenvalue weighted by molar-refractivity contribution is -0.128. The zero-order valence-electron chi connectivity index (χ0n) is 12.7. The summed E-state index contributed by atoms with van der Waals surface area (Å²) in [6, 6.07) is 18.7. The van der Waals surface area contributed by atoms with Crippen molar-refractivity contribution >= 4 is 11.6 Å². The first kappa shape index (κ1) is 15.1. The molecule has 0 aliphatic heterocycles. The van der Waals surface area contributed by atoms with Crippen molar-refractivity contribution in [1.82, 2.24) is 4.90 Å². The van der Waals surface area contributed by atoms with Gasteiger partial charge in [-0.1, -0.05) is 48.5 Å². The van der Waals surface area contributed by atoms with Gasteiger partial charge >= 0.3 is 0 Å². The number of hydrogen-bond acceptors (Lipinski definition) is 2. The smallest absolute Gasteiger partial charge is 0.223 e. The Bertz CT molecular complexity index is 579. The van der Waals surface area contributed by atoms with E-state index in [1.807, 2.05) is 12.1 Å². The summed E-state index contributed by atoms with van der Waals surface area (Å²) < 4.78 is 0. The van der Waals surface area contributed by atoms with Gasteiger partial charge in [0.1, 0.15) is 0 Å². The van der Waals surface area contributed by atoms with E-state index in [-0.39, 0.29) is 5.91 Å². The van der Waals surface area contributed by atoms with Gasteiger partial charge in [0, 0.05) is 32.7 Å². The molecule has 0 heterocycles. The minimum atomic E-state index is 0.142. The Balaban J connectivity index is 1.99. The Morgan fingerprint density at radius 1 is 1.00 bits per heavy atom. The average Bonchev–Trinajstić information content (AvgIpc) is 2.50. The summed E-state index contributed by atoms with van der Waals surface area (Å²) in [5, 5.41) is 3.37. The number of hydrogen-bond donors (Lipinski definition) is 1. The van der Waals surface area contributed by atoms with E-state index < -0.39 is 0 Å². The highest BCUT2D eigenvalue weighted by atomic mass is 16.2. The molecular weight excluding hydrogens is 260 g/mol. The van der Waals surface area contributed by atoms with Gasteiger partial charge in [-0.3, -0.25) is 4.79 Å². The van der Waals surface area contributed by atoms with E-state index in [1.165, 1.54) is 11.1 Å². The molecule has 0 aliphatic rings.